The number of nitrogens with one attached hydrogen (secondary N) is 1. The van der Waals surface area contributed by atoms with Crippen molar-refractivity contribution in [1.29, 1.82) is 0 Å². The Hall–Kier alpha value is -4.88. The molecule has 1 saturated heterocycles. The highest BCUT2D eigenvalue weighted by atomic mass is 16.6. The SMILES string of the molecule is COc1ccc(Nc2cc3c(cn2)n(C)c(=O)n3C2CCN(C(=O)OCc3cnc([N+](=O)[O-])n3C)CC2)c(C)c1. The average molecular weight is 551 g/mol. The van der Waals surface area contributed by atoms with Crippen LogP contribution in [0.1, 0.15) is 30.1 Å². The van der Waals surface area contributed by atoms with Crippen molar-refractivity contribution in [3.63, 3.8) is 0 Å². The second kappa shape index (κ2) is 10.7. The molecule has 4 heterocycles. The molecule has 1 aliphatic rings. The number of fused-ring (bicyclic) bond motifs is 1. The van der Waals surface area contributed by atoms with Gasteiger partial charge in [0.05, 0.1) is 31.4 Å². The topological polar surface area (TPSA) is 152 Å². The number of piperidine rings is 1. The van der Waals surface area contributed by atoms with Crippen LogP contribution < -0.4 is 15.7 Å². The van der Waals surface area contributed by atoms with Gasteiger partial charge in [0.15, 0.2) is 12.3 Å². The number of imidazole rings is 2. The summed E-state index contributed by atoms with van der Waals surface area (Å²) in [5.74, 6) is 1.05. The summed E-state index contributed by atoms with van der Waals surface area (Å²) >= 11 is 0. The van der Waals surface area contributed by atoms with E-state index in [1.165, 1.54) is 17.8 Å². The lowest BCUT2D eigenvalue weighted by Gasteiger charge is -2.31. The second-order valence-corrected chi connectivity index (χ2v) is 9.71. The Labute approximate surface area is 228 Å². The first kappa shape index (κ1) is 26.7. The van der Waals surface area contributed by atoms with E-state index in [9.17, 15) is 19.7 Å². The number of amides is 1. The van der Waals surface area contributed by atoms with Gasteiger partial charge < -0.3 is 29.8 Å². The normalized spacial score (nSPS) is 13.9. The first-order valence-corrected chi connectivity index (χ1v) is 12.7. The number of nitrogens with zero attached hydrogens (tertiary/aromatic N) is 7. The number of anilines is 2. The number of pyridine rings is 1. The second-order valence-electron chi connectivity index (χ2n) is 9.71. The molecule has 0 radical (unpaired) electrons. The standard InChI is InChI=1S/C26H30N8O6/c1-16-11-19(39-4)5-6-20(16)29-23-12-21-22(14-27-23)31(3)25(35)33(21)17-7-9-32(10-8-17)26(36)40-15-18-13-28-24(30(18)2)34(37)38/h5-6,11-14,17H,7-10,15H2,1-4H3,(H,27,29). The molecule has 0 saturated carbocycles. The van der Waals surface area contributed by atoms with Crippen LogP contribution in [0.5, 0.6) is 5.75 Å². The molecule has 0 aliphatic carbocycles. The predicted molar refractivity (Wildman–Crippen MR) is 146 cm³/mol. The van der Waals surface area contributed by atoms with E-state index in [4.69, 9.17) is 9.47 Å². The zero-order chi connectivity index (χ0) is 28.6. The molecule has 1 fully saturated rings. The minimum Gasteiger partial charge on any atom is -0.497 e. The Morgan fingerprint density at radius 3 is 2.52 bits per heavy atom. The number of aromatic nitrogens is 5. The van der Waals surface area contributed by atoms with E-state index < -0.39 is 11.0 Å². The van der Waals surface area contributed by atoms with Gasteiger partial charge >= 0.3 is 17.7 Å². The summed E-state index contributed by atoms with van der Waals surface area (Å²) in [6.07, 6.45) is 3.61. The van der Waals surface area contributed by atoms with Crippen molar-refractivity contribution in [2.75, 3.05) is 25.5 Å². The molecule has 0 bridgehead atoms. The lowest BCUT2D eigenvalue weighted by molar-refractivity contribution is -0.396. The number of carbonyl (C=O) groups is 1. The molecule has 1 N–H and O–H groups in total. The monoisotopic (exact) mass is 550 g/mol. The molecule has 40 heavy (non-hydrogen) atoms. The summed E-state index contributed by atoms with van der Waals surface area (Å²) in [6, 6.07) is 7.47. The fourth-order valence-corrected chi connectivity index (χ4v) is 4.99. The highest BCUT2D eigenvalue weighted by Gasteiger charge is 2.28. The molecule has 5 rings (SSSR count). The maximum atomic E-state index is 13.2. The van der Waals surface area contributed by atoms with Gasteiger partial charge in [0.25, 0.3) is 0 Å². The molecule has 210 valence electrons. The van der Waals surface area contributed by atoms with Gasteiger partial charge in [0, 0.05) is 37.9 Å². The highest BCUT2D eigenvalue weighted by molar-refractivity contribution is 5.79. The van der Waals surface area contributed by atoms with Gasteiger partial charge in [-0.05, 0) is 48.5 Å². The van der Waals surface area contributed by atoms with E-state index in [0.29, 0.717) is 43.0 Å². The van der Waals surface area contributed by atoms with Gasteiger partial charge in [0.1, 0.15) is 17.8 Å². The first-order valence-electron chi connectivity index (χ1n) is 12.7. The summed E-state index contributed by atoms with van der Waals surface area (Å²) in [7, 11) is 4.84. The number of aryl methyl sites for hydroxylation is 2. The summed E-state index contributed by atoms with van der Waals surface area (Å²) in [5, 5.41) is 14.3. The molecule has 1 amide bonds. The zero-order valence-electron chi connectivity index (χ0n) is 22.7. The first-order chi connectivity index (χ1) is 19.2. The minimum atomic E-state index is -0.597. The van der Waals surface area contributed by atoms with Gasteiger partial charge in [-0.25, -0.2) is 19.1 Å². The summed E-state index contributed by atoms with van der Waals surface area (Å²) in [4.78, 5) is 46.1. The quantitative estimate of drug-likeness (QED) is 0.269. The largest absolute Gasteiger partial charge is 0.497 e. The molecule has 0 atom stereocenters. The highest BCUT2D eigenvalue weighted by Crippen LogP contribution is 2.29. The van der Waals surface area contributed by atoms with Gasteiger partial charge in [-0.15, -0.1) is 0 Å². The number of hydrogen-bond donors (Lipinski definition) is 1. The third kappa shape index (κ3) is 4.95. The third-order valence-electron chi connectivity index (χ3n) is 7.33. The van der Waals surface area contributed by atoms with E-state index in [2.05, 4.69) is 15.3 Å². The van der Waals surface area contributed by atoms with Crippen LogP contribution in [0.4, 0.5) is 22.2 Å². The maximum Gasteiger partial charge on any atom is 0.434 e. The number of likely N-dealkylation sites (tertiary alicyclic amines) is 1. The number of methoxy groups -OCH3 is 1. The number of nitro groups is 1. The van der Waals surface area contributed by atoms with Crippen LogP contribution in [-0.2, 0) is 25.4 Å². The summed E-state index contributed by atoms with van der Waals surface area (Å²) in [6.45, 7) is 2.65. The Balaban J connectivity index is 1.28. The summed E-state index contributed by atoms with van der Waals surface area (Å²) < 4.78 is 15.3. The fraction of sp³-hybridized carbons (Fsp3) is 0.385. The van der Waals surface area contributed by atoms with E-state index in [1.54, 1.807) is 34.4 Å². The molecule has 14 nitrogen and oxygen atoms in total. The molecule has 0 spiro atoms. The Morgan fingerprint density at radius 1 is 1.12 bits per heavy atom. The summed E-state index contributed by atoms with van der Waals surface area (Å²) in [5.41, 5.74) is 3.62. The van der Waals surface area contributed by atoms with E-state index in [-0.39, 0.29) is 24.3 Å². The molecular formula is C26H30N8O6. The maximum absolute atomic E-state index is 13.2. The van der Waals surface area contributed by atoms with Crippen LogP contribution in [0.2, 0.25) is 0 Å². The fourth-order valence-electron chi connectivity index (χ4n) is 4.99. The Bertz CT molecular complexity index is 1650. The molecule has 4 aromatic rings. The van der Waals surface area contributed by atoms with Crippen molar-refractivity contribution < 1.29 is 19.2 Å². The van der Waals surface area contributed by atoms with Crippen molar-refractivity contribution in [3.05, 3.63) is 68.5 Å². The third-order valence-corrected chi connectivity index (χ3v) is 7.33. The van der Waals surface area contributed by atoms with Crippen molar-refractivity contribution >= 4 is 34.6 Å². The Kier molecular flexibility index (Phi) is 7.15. The van der Waals surface area contributed by atoms with E-state index in [0.717, 1.165) is 22.5 Å². The van der Waals surface area contributed by atoms with Crippen LogP contribution in [0.25, 0.3) is 11.0 Å². The van der Waals surface area contributed by atoms with Crippen molar-refractivity contribution in [3.8, 4) is 5.75 Å². The molecular weight excluding hydrogens is 520 g/mol. The molecule has 3 aromatic heterocycles. The number of carbonyl (C=O) groups excluding carboxylic acids is 1. The molecule has 1 aromatic carbocycles. The van der Waals surface area contributed by atoms with Crippen LogP contribution >= 0.6 is 0 Å². The number of rotatable bonds is 7. The zero-order valence-corrected chi connectivity index (χ0v) is 22.7. The smallest absolute Gasteiger partial charge is 0.434 e. The number of hydrogen-bond acceptors (Lipinski definition) is 9. The van der Waals surface area contributed by atoms with Crippen molar-refractivity contribution in [2.45, 2.75) is 32.4 Å². The van der Waals surface area contributed by atoms with Crippen molar-refractivity contribution in [2.24, 2.45) is 14.1 Å². The van der Waals surface area contributed by atoms with Gasteiger partial charge in [-0.1, -0.05) is 4.98 Å². The van der Waals surface area contributed by atoms with Crippen LogP contribution in [0.3, 0.4) is 0 Å². The molecule has 1 aliphatic heterocycles. The van der Waals surface area contributed by atoms with Crippen molar-refractivity contribution in [1.82, 2.24) is 28.6 Å². The van der Waals surface area contributed by atoms with Gasteiger partial charge in [-0.2, -0.15) is 0 Å². The molecule has 14 heteroatoms. The lowest BCUT2D eigenvalue weighted by Crippen LogP contribution is -2.41. The van der Waals surface area contributed by atoms with E-state index >= 15 is 0 Å². The lowest BCUT2D eigenvalue weighted by atomic mass is 10.1. The van der Waals surface area contributed by atoms with Gasteiger partial charge in [0.2, 0.25) is 0 Å². The number of benzene rings is 1. The van der Waals surface area contributed by atoms with Crippen LogP contribution in [0.15, 0.2) is 41.5 Å². The van der Waals surface area contributed by atoms with Gasteiger partial charge in [-0.3, -0.25) is 9.13 Å². The average Bonchev–Trinajstić information content (AvgIpc) is 3.44. The Morgan fingerprint density at radius 2 is 1.88 bits per heavy atom. The molecule has 0 unspecified atom stereocenters. The predicted octanol–water partition coefficient (Wildman–Crippen LogP) is 3.41. The van der Waals surface area contributed by atoms with E-state index in [1.807, 2.05) is 31.2 Å². The minimum absolute atomic E-state index is 0.113. The number of ether oxygens (including phenoxy) is 2. The van der Waals surface area contributed by atoms with Crippen LogP contribution in [-0.4, -0.2) is 59.8 Å². The van der Waals surface area contributed by atoms with Crippen LogP contribution in [0, 0.1) is 17.0 Å².